The fourth-order valence-corrected chi connectivity index (χ4v) is 8.27. The summed E-state index contributed by atoms with van der Waals surface area (Å²) in [7, 11) is 2.52. The first-order chi connectivity index (χ1) is 34.0. The number of hydrogen-bond donors (Lipinski definition) is 0. The molecule has 0 bridgehead atoms. The summed E-state index contributed by atoms with van der Waals surface area (Å²) < 4.78 is 86.2. The molecule has 0 aliphatic heterocycles. The fraction of sp³-hybridized carbons (Fsp3) is 0.224. The molecule has 0 aliphatic rings. The van der Waals surface area contributed by atoms with Gasteiger partial charge in [0.2, 0.25) is 0 Å². The van der Waals surface area contributed by atoms with E-state index < -0.39 is 22.0 Å². The van der Waals surface area contributed by atoms with Gasteiger partial charge in [0.15, 0.2) is 27.8 Å². The number of aryl methyl sites for hydroxylation is 2. The second-order valence-corrected chi connectivity index (χ2v) is 18.1. The Morgan fingerprint density at radius 2 is 1.10 bits per heavy atom. The van der Waals surface area contributed by atoms with Gasteiger partial charge in [0.1, 0.15) is 35.3 Å². The molecule has 0 radical (unpaired) electrons. The summed E-state index contributed by atoms with van der Waals surface area (Å²) in [5.41, 5.74) is 6.46. The predicted molar refractivity (Wildman–Crippen MR) is 256 cm³/mol. The lowest BCUT2D eigenvalue weighted by Crippen LogP contribution is -2.19. The van der Waals surface area contributed by atoms with E-state index >= 15 is 0 Å². The zero-order valence-electron chi connectivity index (χ0n) is 38.8. The lowest BCUT2D eigenvalue weighted by atomic mass is 10.1. The maximum Gasteiger partial charge on any atom is 0.265 e. The average Bonchev–Trinajstić information content (AvgIpc) is 4.13. The molecule has 22 heteroatoms. The van der Waals surface area contributed by atoms with Gasteiger partial charge in [0.05, 0.1) is 75.4 Å². The van der Waals surface area contributed by atoms with E-state index in [0.717, 1.165) is 34.5 Å². The fourth-order valence-electron chi connectivity index (χ4n) is 7.34. The van der Waals surface area contributed by atoms with Crippen molar-refractivity contribution in [2.24, 2.45) is 14.1 Å². The van der Waals surface area contributed by atoms with Crippen molar-refractivity contribution in [1.82, 2.24) is 39.1 Å². The molecule has 1 unspecified atom stereocenters. The number of benzene rings is 4. The molecule has 0 aliphatic carbocycles. The Hall–Kier alpha value is -7.43. The van der Waals surface area contributed by atoms with E-state index in [4.69, 9.17) is 51.6 Å². The molecule has 1 atom stereocenters. The second-order valence-electron chi connectivity index (χ2n) is 15.7. The van der Waals surface area contributed by atoms with Gasteiger partial charge in [-0.25, -0.2) is 18.1 Å². The highest BCUT2D eigenvalue weighted by molar-refractivity contribution is 7.86. The summed E-state index contributed by atoms with van der Waals surface area (Å²) in [5, 5.41) is 35.7. The second kappa shape index (κ2) is 23.0. The van der Waals surface area contributed by atoms with Crippen LogP contribution in [0.15, 0.2) is 109 Å². The van der Waals surface area contributed by atoms with Crippen LogP contribution in [-0.4, -0.2) is 68.0 Å². The van der Waals surface area contributed by atoms with Crippen LogP contribution in [0.3, 0.4) is 0 Å². The Labute approximate surface area is 417 Å². The van der Waals surface area contributed by atoms with Crippen molar-refractivity contribution in [3.63, 3.8) is 0 Å². The van der Waals surface area contributed by atoms with Crippen LogP contribution in [-0.2, 0) is 70.7 Å². The van der Waals surface area contributed by atoms with E-state index in [1.165, 1.54) is 51.8 Å². The number of halogens is 4. The van der Waals surface area contributed by atoms with E-state index in [0.29, 0.717) is 52.1 Å². The van der Waals surface area contributed by atoms with Gasteiger partial charge >= 0.3 is 0 Å². The Morgan fingerprint density at radius 1 is 0.606 bits per heavy atom. The molecule has 0 saturated heterocycles. The first kappa shape index (κ1) is 51.4. The van der Waals surface area contributed by atoms with Crippen molar-refractivity contribution in [3.8, 4) is 35.0 Å². The summed E-state index contributed by atoms with van der Waals surface area (Å²) in [5.74, 6) is 0.618. The van der Waals surface area contributed by atoms with E-state index in [1.54, 1.807) is 55.9 Å². The predicted octanol–water partition coefficient (Wildman–Crippen LogP) is 8.65. The zero-order valence-corrected chi connectivity index (χ0v) is 41.1. The molecule has 8 aromatic rings. The van der Waals surface area contributed by atoms with Gasteiger partial charge in [-0.3, -0.25) is 13.5 Å². The molecule has 17 nitrogen and oxygen atoms in total. The molecule has 0 amide bonds. The lowest BCUT2D eigenvalue weighted by Gasteiger charge is -2.19. The number of aromatic nitrogens is 8. The third-order valence-corrected chi connectivity index (χ3v) is 11.6. The minimum absolute atomic E-state index is 0.0118. The highest BCUT2D eigenvalue weighted by Gasteiger charge is 2.30. The van der Waals surface area contributed by atoms with Crippen molar-refractivity contribution in [3.05, 3.63) is 188 Å². The molecule has 0 N–H and O–H groups in total. The summed E-state index contributed by atoms with van der Waals surface area (Å²) in [6.07, 6.45) is 0.0805. The van der Waals surface area contributed by atoms with Crippen molar-refractivity contribution in [1.29, 1.82) is 10.5 Å². The smallest absolute Gasteiger partial charge is 0.265 e. The van der Waals surface area contributed by atoms with Crippen LogP contribution in [0.2, 0.25) is 10.3 Å². The Bertz CT molecular complexity index is 3350. The number of rotatable bonds is 18. The average molecular weight is 1030 g/mol. The molecule has 4 heterocycles. The van der Waals surface area contributed by atoms with Gasteiger partial charge in [-0.2, -0.15) is 39.3 Å². The zero-order chi connectivity index (χ0) is 50.8. The minimum Gasteiger partial charge on any atom is -0.497 e. The highest BCUT2D eigenvalue weighted by Crippen LogP contribution is 2.33. The molecule has 4 aromatic heterocycles. The van der Waals surface area contributed by atoms with Gasteiger partial charge in [0.25, 0.3) is 10.1 Å². The summed E-state index contributed by atoms with van der Waals surface area (Å²) >= 11 is 12.5. The normalized spacial score (nSPS) is 11.6. The number of methoxy groups -OCH3 is 2. The summed E-state index contributed by atoms with van der Waals surface area (Å²) in [4.78, 5) is 0. The van der Waals surface area contributed by atoms with Gasteiger partial charge in [-0.1, -0.05) is 47.5 Å². The standard InChI is InChI=1S/C25H23ClFN5O5S.C24H21ClFN5O2/c1-31-22(11-19(13-28)29-31)25(37-38(3,33)34)23-12-24(26)30-32(23)21-9-6-18(27)10-17(21)15-36-14-16-4-7-20(35-2)8-5-16;1-30-20(10-19(13-27)28-30)11-21-12-24(25)29-31(21)23-8-5-18(26)9-17(23)15-33-14-16-3-6-22(32-2)7-4-16/h4-12,25H,14-15H2,1-3H3;3-10,12H,11,14-15H2,1-2H3. The SMILES string of the molecule is COc1ccc(COCc2cc(F)ccc2-n2nc(Cl)cc2C(OS(C)(=O)=O)c2cc(C#N)nn2C)cc1.COc1ccc(COCc2cc(F)ccc2-n2nc(Cl)cc2Cc2cc(C#N)nn2C)cc1. The molecule has 0 spiro atoms. The first-order valence-corrected chi connectivity index (χ1v) is 23.9. The maximum atomic E-state index is 14.3. The Kier molecular flexibility index (Phi) is 16.7. The van der Waals surface area contributed by atoms with Crippen LogP contribution in [0, 0.1) is 34.3 Å². The van der Waals surface area contributed by atoms with Crippen LogP contribution in [0.5, 0.6) is 11.5 Å². The molecular formula is C49H44Cl2F2N10O7S. The maximum absolute atomic E-state index is 14.3. The largest absolute Gasteiger partial charge is 0.497 e. The van der Waals surface area contributed by atoms with Crippen LogP contribution >= 0.6 is 23.2 Å². The number of hydrogen-bond acceptors (Lipinski definition) is 13. The number of ether oxygens (including phenoxy) is 4. The van der Waals surface area contributed by atoms with Crippen molar-refractivity contribution in [2.45, 2.75) is 39.0 Å². The van der Waals surface area contributed by atoms with E-state index in [9.17, 15) is 22.5 Å². The molecule has 0 fully saturated rings. The van der Waals surface area contributed by atoms with Crippen LogP contribution in [0.25, 0.3) is 11.4 Å². The van der Waals surface area contributed by atoms with Gasteiger partial charge in [-0.15, -0.1) is 0 Å². The lowest BCUT2D eigenvalue weighted by molar-refractivity contribution is 0.106. The first-order valence-electron chi connectivity index (χ1n) is 21.3. The van der Waals surface area contributed by atoms with E-state index in [2.05, 4.69) is 20.4 Å². The van der Waals surface area contributed by atoms with Gasteiger partial charge in [-0.05, 0) is 83.9 Å². The van der Waals surface area contributed by atoms with Gasteiger partial charge in [0, 0.05) is 49.5 Å². The third-order valence-electron chi connectivity index (χ3n) is 10.7. The molecule has 4 aromatic carbocycles. The third kappa shape index (κ3) is 13.3. The van der Waals surface area contributed by atoms with Crippen molar-refractivity contribution >= 4 is 33.3 Å². The summed E-state index contributed by atoms with van der Waals surface area (Å²) in [6, 6.07) is 33.6. The number of nitrogens with zero attached hydrogens (tertiary/aromatic N) is 10. The van der Waals surface area contributed by atoms with Crippen molar-refractivity contribution < 1.29 is 40.3 Å². The van der Waals surface area contributed by atoms with Crippen LogP contribution < -0.4 is 9.47 Å². The van der Waals surface area contributed by atoms with Crippen molar-refractivity contribution in [2.75, 3.05) is 20.5 Å². The molecule has 8 rings (SSSR count). The van der Waals surface area contributed by atoms with E-state index in [1.807, 2.05) is 60.7 Å². The topological polar surface area (TPSA) is 199 Å². The Morgan fingerprint density at radius 3 is 1.59 bits per heavy atom. The van der Waals surface area contributed by atoms with Crippen LogP contribution in [0.1, 0.15) is 62.5 Å². The minimum atomic E-state index is -3.99. The summed E-state index contributed by atoms with van der Waals surface area (Å²) in [6.45, 7) is 0.801. The monoisotopic (exact) mass is 1020 g/mol. The molecule has 0 saturated carbocycles. The van der Waals surface area contributed by atoms with Gasteiger partial charge < -0.3 is 18.9 Å². The highest BCUT2D eigenvalue weighted by atomic mass is 35.5. The Balaban J connectivity index is 0.000000211. The molecular weight excluding hydrogens is 982 g/mol. The number of nitriles is 2. The molecule has 71 heavy (non-hydrogen) atoms. The molecule has 366 valence electrons. The van der Waals surface area contributed by atoms with Crippen LogP contribution in [0.4, 0.5) is 8.78 Å². The van der Waals surface area contributed by atoms with E-state index in [-0.39, 0.29) is 47.9 Å². The quantitative estimate of drug-likeness (QED) is 0.0741.